The van der Waals surface area contributed by atoms with Crippen molar-refractivity contribution in [1.29, 1.82) is 0 Å². The molecular formula is C57H66BrCl4N7O9. The van der Waals surface area contributed by atoms with Gasteiger partial charge in [-0.2, -0.15) is 0 Å². The highest BCUT2D eigenvalue weighted by molar-refractivity contribution is 9.08. The van der Waals surface area contributed by atoms with Crippen molar-refractivity contribution in [3.05, 3.63) is 164 Å². The number of hydrogen-bond donors (Lipinski definition) is 2. The largest absolute Gasteiger partial charge is 0.417 e. The first-order valence-electron chi connectivity index (χ1n) is 26.2. The van der Waals surface area contributed by atoms with Gasteiger partial charge in [-0.1, -0.05) is 80.5 Å². The van der Waals surface area contributed by atoms with Gasteiger partial charge >= 0.3 is 6.09 Å². The number of rotatable bonds is 11. The number of carbonyl (C=O) groups is 1. The van der Waals surface area contributed by atoms with Crippen molar-refractivity contribution in [2.45, 2.75) is 128 Å². The maximum Gasteiger partial charge on any atom is 0.417 e. The number of nitro groups is 2. The molecule has 21 heteroatoms. The van der Waals surface area contributed by atoms with Gasteiger partial charge in [0.25, 0.3) is 11.4 Å². The first kappa shape index (κ1) is 59.5. The summed E-state index contributed by atoms with van der Waals surface area (Å²) in [6.45, 7) is 16.0. The van der Waals surface area contributed by atoms with Crippen molar-refractivity contribution in [1.82, 2.24) is 14.7 Å². The molecule has 418 valence electrons. The Labute approximate surface area is 484 Å². The number of carbonyl (C=O) groups excluding carboxylic acids is 1. The molecule has 6 fully saturated rings. The van der Waals surface area contributed by atoms with Gasteiger partial charge in [-0.05, 0) is 147 Å². The fourth-order valence-corrected chi connectivity index (χ4v) is 12.3. The van der Waals surface area contributed by atoms with Crippen LogP contribution >= 0.6 is 62.3 Å². The highest BCUT2D eigenvalue weighted by atomic mass is 79.9. The van der Waals surface area contributed by atoms with Crippen LogP contribution in [0.4, 0.5) is 27.5 Å². The standard InChI is InChI=1S/C21H23ClN2O3.C14H17ClN2O3.C14H19ClN2O.C8H7BrClNO2/c1-14-15(11-24-12-18-7-8-19(13-24)26-18)9-16(10-20(14)22)23-21(25)27-17-5-3-2-4-6-17;1-9-10(4-11(17(18)19)5-14(9)15)6-16-7-12-2-3-13(8-16)20-12;1-9-10(4-11(16)5-14(9)15)6-17-7-12-2-3-13(8-17)18-12;1-5-6(4-9)2-7(11(12)13)3-8(5)10/h2-6,9-10,18-19H,7-8,11-13H2,1H3,(H,23,25);4-5,12-13H,2-3,6-8H2,1H3;4-5,12-13H,2-3,6-8,16H2,1H3;2-3H,4H2,1H3. The smallest absolute Gasteiger partial charge is 0.410 e. The molecule has 0 saturated carbocycles. The maximum absolute atomic E-state index is 12.2. The van der Waals surface area contributed by atoms with E-state index in [0.717, 1.165) is 128 Å². The first-order valence-corrected chi connectivity index (χ1v) is 28.8. The molecule has 6 saturated heterocycles. The molecule has 11 rings (SSSR count). The molecule has 16 nitrogen and oxygen atoms in total. The number of nitrogens with zero attached hydrogens (tertiary/aromatic N) is 5. The summed E-state index contributed by atoms with van der Waals surface area (Å²) in [6, 6.07) is 22.5. The Bertz CT molecular complexity index is 2930. The van der Waals surface area contributed by atoms with E-state index in [1.165, 1.54) is 36.6 Å². The number of amides is 1. The SMILES string of the molecule is Cc1c(Cl)cc(N)cc1CN1CC2CCC(C1)O2.Cc1c(Cl)cc(NC(=O)Oc2ccccc2)cc1CN1CC2CCC(C1)O2.Cc1c(Cl)cc([N+](=O)[O-])cc1CBr.Cc1c(Cl)cc([N+](=O)[O-])cc1CN1CC2CCC(C1)O2. The summed E-state index contributed by atoms with van der Waals surface area (Å²) in [7, 11) is 0. The number of nitrogens with two attached hydrogens (primary N) is 1. The zero-order valence-corrected chi connectivity index (χ0v) is 48.8. The average molecular weight is 1210 g/mol. The Morgan fingerprint density at radius 1 is 0.577 bits per heavy atom. The highest BCUT2D eigenvalue weighted by Gasteiger charge is 2.36. The molecule has 5 aromatic carbocycles. The third kappa shape index (κ3) is 16.1. The van der Waals surface area contributed by atoms with Crippen molar-refractivity contribution in [2.75, 3.05) is 50.3 Å². The van der Waals surface area contributed by atoms with Gasteiger partial charge in [0.2, 0.25) is 0 Å². The fraction of sp³-hybridized carbons (Fsp3) is 0.456. The third-order valence-electron chi connectivity index (χ3n) is 15.1. The van der Waals surface area contributed by atoms with Gasteiger partial charge in [0.05, 0.1) is 56.5 Å². The number of nitrogen functional groups attached to an aromatic ring is 1. The quantitative estimate of drug-likeness (QED) is 0.0551. The van der Waals surface area contributed by atoms with E-state index in [9.17, 15) is 25.0 Å². The molecule has 78 heavy (non-hydrogen) atoms. The zero-order valence-electron chi connectivity index (χ0n) is 44.2. The van der Waals surface area contributed by atoms with E-state index in [2.05, 4.69) is 42.9 Å². The lowest BCUT2D eigenvalue weighted by Crippen LogP contribution is -2.42. The number of likely N-dealkylation sites (tertiary alicyclic amines) is 3. The molecule has 0 radical (unpaired) electrons. The van der Waals surface area contributed by atoms with Gasteiger partial charge in [-0.15, -0.1) is 0 Å². The predicted molar refractivity (Wildman–Crippen MR) is 311 cm³/mol. The van der Waals surface area contributed by atoms with Crippen LogP contribution in [0.2, 0.25) is 20.1 Å². The van der Waals surface area contributed by atoms with Gasteiger partial charge in [-0.25, -0.2) is 4.79 Å². The van der Waals surface area contributed by atoms with E-state index < -0.39 is 15.9 Å². The van der Waals surface area contributed by atoms with E-state index in [1.807, 2.05) is 57.2 Å². The van der Waals surface area contributed by atoms with E-state index in [-0.39, 0.29) is 11.4 Å². The topological polar surface area (TPSA) is 188 Å². The lowest BCUT2D eigenvalue weighted by Gasteiger charge is -2.32. The number of anilines is 2. The van der Waals surface area contributed by atoms with Crippen molar-refractivity contribution < 1.29 is 33.6 Å². The molecule has 6 atom stereocenters. The molecule has 6 aliphatic heterocycles. The number of hydrogen-bond acceptors (Lipinski definition) is 13. The van der Waals surface area contributed by atoms with Crippen LogP contribution in [0.3, 0.4) is 0 Å². The fourth-order valence-electron chi connectivity index (χ4n) is 10.8. The van der Waals surface area contributed by atoms with Gasteiger partial charge in [0, 0.05) is 110 Å². The van der Waals surface area contributed by atoms with E-state index in [0.29, 0.717) is 75.0 Å². The molecule has 6 bridgehead atoms. The third-order valence-corrected chi connectivity index (χ3v) is 17.3. The summed E-state index contributed by atoms with van der Waals surface area (Å²) in [5.74, 6) is 0.497. The molecule has 0 spiro atoms. The van der Waals surface area contributed by atoms with Crippen LogP contribution in [0.5, 0.6) is 5.75 Å². The Hall–Kier alpha value is -4.63. The minimum absolute atomic E-state index is 0.0325. The second-order valence-electron chi connectivity index (χ2n) is 20.9. The van der Waals surface area contributed by atoms with Crippen molar-refractivity contribution in [3.63, 3.8) is 0 Å². The van der Waals surface area contributed by atoms with Crippen molar-refractivity contribution in [3.8, 4) is 5.75 Å². The van der Waals surface area contributed by atoms with Crippen molar-refractivity contribution >= 4 is 91.2 Å². The zero-order chi connectivity index (χ0) is 55.8. The van der Waals surface area contributed by atoms with Crippen LogP contribution in [0.1, 0.15) is 83.0 Å². The van der Waals surface area contributed by atoms with Gasteiger partial charge in [0.15, 0.2) is 0 Å². The summed E-state index contributed by atoms with van der Waals surface area (Å²) in [6.07, 6.45) is 8.62. The van der Waals surface area contributed by atoms with E-state index in [4.69, 9.17) is 71.1 Å². The molecule has 3 N–H and O–H groups in total. The second-order valence-corrected chi connectivity index (χ2v) is 23.1. The van der Waals surface area contributed by atoms with E-state index in [1.54, 1.807) is 24.3 Å². The van der Waals surface area contributed by atoms with Gasteiger partial charge in [-0.3, -0.25) is 40.2 Å². The van der Waals surface area contributed by atoms with Crippen LogP contribution in [0.25, 0.3) is 0 Å². The molecule has 6 aliphatic rings. The molecular weight excluding hydrogens is 1150 g/mol. The minimum atomic E-state index is -0.531. The number of fused-ring (bicyclic) bond motifs is 6. The monoisotopic (exact) mass is 1210 g/mol. The number of alkyl halides is 1. The molecule has 5 aromatic rings. The Morgan fingerprint density at radius 3 is 1.35 bits per heavy atom. The number of nitrogens with one attached hydrogen (secondary N) is 1. The van der Waals surface area contributed by atoms with Gasteiger partial charge < -0.3 is 24.7 Å². The Balaban J connectivity index is 0.000000142. The summed E-state index contributed by atoms with van der Waals surface area (Å²) in [4.78, 5) is 39.9. The second kappa shape index (κ2) is 27.2. The summed E-state index contributed by atoms with van der Waals surface area (Å²) in [5.41, 5.74) is 15.5. The molecule has 0 aliphatic carbocycles. The number of nitro benzene ring substituents is 2. The number of non-ortho nitro benzene ring substituents is 2. The summed E-state index contributed by atoms with van der Waals surface area (Å²) in [5, 5.41) is 27.0. The van der Waals surface area contributed by atoms with Crippen LogP contribution in [0, 0.1) is 47.9 Å². The molecule has 1 amide bonds. The van der Waals surface area contributed by atoms with Gasteiger partial charge in [0.1, 0.15) is 5.75 Å². The average Bonchev–Trinajstić information content (AvgIpc) is 4.06. The summed E-state index contributed by atoms with van der Waals surface area (Å²) >= 11 is 27.8. The molecule has 0 aromatic heterocycles. The number of halogens is 5. The predicted octanol–water partition coefficient (Wildman–Crippen LogP) is 13.6. The highest BCUT2D eigenvalue weighted by Crippen LogP contribution is 2.34. The van der Waals surface area contributed by atoms with Crippen LogP contribution < -0.4 is 15.8 Å². The number of morpholine rings is 3. The number of para-hydroxylation sites is 1. The first-order chi connectivity index (χ1) is 37.3. The lowest BCUT2D eigenvalue weighted by molar-refractivity contribution is -0.385. The Kier molecular flexibility index (Phi) is 20.8. The minimum Gasteiger partial charge on any atom is -0.410 e. The Morgan fingerprint density at radius 2 is 0.936 bits per heavy atom. The van der Waals surface area contributed by atoms with E-state index >= 15 is 0 Å². The summed E-state index contributed by atoms with van der Waals surface area (Å²) < 4.78 is 22.9. The van der Waals surface area contributed by atoms with Crippen molar-refractivity contribution in [2.24, 2.45) is 0 Å². The maximum atomic E-state index is 12.2. The normalized spacial score (nSPS) is 22.3. The van der Waals surface area contributed by atoms with Crippen LogP contribution in [-0.2, 0) is 39.2 Å². The molecule has 6 heterocycles. The lowest BCUT2D eigenvalue weighted by atomic mass is 10.1. The number of benzene rings is 5. The molecule has 6 unspecified atom stereocenters. The number of ether oxygens (including phenoxy) is 4. The van der Waals surface area contributed by atoms with Crippen LogP contribution in [-0.4, -0.2) is 107 Å². The van der Waals surface area contributed by atoms with Crippen LogP contribution in [0.15, 0.2) is 78.9 Å².